The molecular weight excluding hydrogens is 623 g/mol. The number of hydrogen-bond acceptors (Lipinski definition) is 3. The second-order valence-electron chi connectivity index (χ2n) is 12.9. The number of furan rings is 2. The molecule has 3 nitrogen and oxygen atoms in total. The molecular formula is C48H31NO2. The molecule has 0 fully saturated rings. The van der Waals surface area contributed by atoms with Gasteiger partial charge in [-0.2, -0.15) is 0 Å². The predicted octanol–water partition coefficient (Wildman–Crippen LogP) is 14.0. The van der Waals surface area contributed by atoms with E-state index in [1.807, 2.05) is 18.2 Å². The lowest BCUT2D eigenvalue weighted by atomic mass is 9.98. The summed E-state index contributed by atoms with van der Waals surface area (Å²) in [5.41, 5.74) is 13.3. The molecule has 0 radical (unpaired) electrons. The molecule has 0 atom stereocenters. The monoisotopic (exact) mass is 653 g/mol. The molecule has 0 aliphatic heterocycles. The normalized spacial score (nSPS) is 11.5. The average molecular weight is 654 g/mol. The maximum Gasteiger partial charge on any atom is 0.160 e. The smallest absolute Gasteiger partial charge is 0.160 e. The Morgan fingerprint density at radius 2 is 0.882 bits per heavy atom. The molecule has 0 saturated carbocycles. The van der Waals surface area contributed by atoms with Gasteiger partial charge in [-0.15, -0.1) is 0 Å². The van der Waals surface area contributed by atoms with E-state index in [4.69, 9.17) is 8.83 Å². The highest BCUT2D eigenvalue weighted by molar-refractivity contribution is 6.17. The third kappa shape index (κ3) is 4.98. The fraction of sp³-hybridized carbons (Fsp3) is 0. The van der Waals surface area contributed by atoms with Crippen LogP contribution in [-0.2, 0) is 0 Å². The summed E-state index contributed by atoms with van der Waals surface area (Å²) in [6.07, 6.45) is 0. The van der Waals surface area contributed by atoms with E-state index < -0.39 is 0 Å². The first-order valence-electron chi connectivity index (χ1n) is 17.3. The number of fused-ring (bicyclic) bond motifs is 6. The van der Waals surface area contributed by atoms with Crippen LogP contribution in [0.3, 0.4) is 0 Å². The summed E-state index contributed by atoms with van der Waals surface area (Å²) >= 11 is 0. The van der Waals surface area contributed by atoms with Crippen molar-refractivity contribution in [2.75, 3.05) is 4.90 Å². The van der Waals surface area contributed by atoms with Gasteiger partial charge in [-0.05, 0) is 81.9 Å². The summed E-state index contributed by atoms with van der Waals surface area (Å²) in [7, 11) is 0. The molecule has 51 heavy (non-hydrogen) atoms. The Kier molecular flexibility index (Phi) is 6.81. The number of nitrogens with zero attached hydrogens (tertiary/aromatic N) is 1. The number of rotatable bonds is 6. The first-order chi connectivity index (χ1) is 25.3. The average Bonchev–Trinajstić information content (AvgIpc) is 3.78. The molecule has 10 rings (SSSR count). The Labute approximate surface area is 295 Å². The zero-order chi connectivity index (χ0) is 33.7. The van der Waals surface area contributed by atoms with Gasteiger partial charge in [0.15, 0.2) is 5.58 Å². The van der Waals surface area contributed by atoms with Crippen molar-refractivity contribution in [2.24, 2.45) is 0 Å². The van der Waals surface area contributed by atoms with Crippen LogP contribution in [0, 0.1) is 0 Å². The van der Waals surface area contributed by atoms with Gasteiger partial charge in [-0.25, -0.2) is 0 Å². The topological polar surface area (TPSA) is 29.5 Å². The molecule has 2 aromatic heterocycles. The quantitative estimate of drug-likeness (QED) is 0.179. The maximum absolute atomic E-state index is 6.79. The zero-order valence-corrected chi connectivity index (χ0v) is 27.7. The summed E-state index contributed by atoms with van der Waals surface area (Å²) in [6.45, 7) is 0. The van der Waals surface area contributed by atoms with Crippen LogP contribution < -0.4 is 4.90 Å². The van der Waals surface area contributed by atoms with Crippen LogP contribution in [0.5, 0.6) is 0 Å². The molecule has 10 aromatic rings. The van der Waals surface area contributed by atoms with Crippen molar-refractivity contribution in [3.05, 3.63) is 188 Å². The van der Waals surface area contributed by atoms with Crippen LogP contribution >= 0.6 is 0 Å². The second-order valence-corrected chi connectivity index (χ2v) is 12.9. The van der Waals surface area contributed by atoms with Crippen molar-refractivity contribution in [2.45, 2.75) is 0 Å². The summed E-state index contributed by atoms with van der Waals surface area (Å²) in [4.78, 5) is 2.29. The van der Waals surface area contributed by atoms with Gasteiger partial charge < -0.3 is 13.7 Å². The maximum atomic E-state index is 6.79. The standard InChI is InChI=1S/C48H31NO2/c1-4-12-32(13-5-1)34-20-23-37(24-21-34)49(38-25-27-41-40-26-22-36(33-14-6-2-7-15-33)30-45(40)50-46(41)31-38)43-29-28-39(35-16-8-3-9-17-35)47-42-18-10-11-19-44(42)51-48(43)47/h1-31H. The van der Waals surface area contributed by atoms with E-state index in [9.17, 15) is 0 Å². The first-order valence-corrected chi connectivity index (χ1v) is 17.3. The lowest BCUT2D eigenvalue weighted by Crippen LogP contribution is -2.10. The minimum absolute atomic E-state index is 0.834. The van der Waals surface area contributed by atoms with Crippen molar-refractivity contribution < 1.29 is 8.83 Å². The Morgan fingerprint density at radius 1 is 0.333 bits per heavy atom. The van der Waals surface area contributed by atoms with Crippen LogP contribution in [0.2, 0.25) is 0 Å². The summed E-state index contributed by atoms with van der Waals surface area (Å²) in [6, 6.07) is 66.0. The third-order valence-corrected chi connectivity index (χ3v) is 9.89. The van der Waals surface area contributed by atoms with Crippen LogP contribution in [0.4, 0.5) is 17.1 Å². The van der Waals surface area contributed by atoms with Gasteiger partial charge in [-0.1, -0.05) is 133 Å². The lowest BCUT2D eigenvalue weighted by molar-refractivity contribution is 0.667. The van der Waals surface area contributed by atoms with Crippen LogP contribution in [0.1, 0.15) is 0 Å². The van der Waals surface area contributed by atoms with Crippen LogP contribution in [0.15, 0.2) is 197 Å². The molecule has 0 spiro atoms. The molecule has 2 heterocycles. The van der Waals surface area contributed by atoms with E-state index in [-0.39, 0.29) is 0 Å². The highest BCUT2D eigenvalue weighted by Crippen LogP contribution is 2.47. The number of para-hydroxylation sites is 1. The summed E-state index contributed by atoms with van der Waals surface area (Å²) in [5.74, 6) is 0. The van der Waals surface area contributed by atoms with Crippen LogP contribution in [0.25, 0.3) is 77.3 Å². The SMILES string of the molecule is c1ccc(-c2ccc(N(c3ccc4c(c3)oc3cc(-c5ccccc5)ccc34)c3ccc(-c4ccccc4)c4c3oc3ccccc34)cc2)cc1. The van der Waals surface area contributed by atoms with E-state index in [2.05, 4.69) is 175 Å². The van der Waals surface area contributed by atoms with Gasteiger partial charge in [0.2, 0.25) is 0 Å². The second kappa shape index (κ2) is 11.9. The lowest BCUT2D eigenvalue weighted by Gasteiger charge is -2.26. The van der Waals surface area contributed by atoms with Gasteiger partial charge in [0.1, 0.15) is 16.7 Å². The molecule has 0 aliphatic rings. The largest absolute Gasteiger partial charge is 0.456 e. The molecule has 240 valence electrons. The van der Waals surface area contributed by atoms with Gasteiger partial charge in [0.05, 0.1) is 11.4 Å². The Balaban J connectivity index is 1.19. The minimum atomic E-state index is 0.834. The summed E-state index contributed by atoms with van der Waals surface area (Å²) in [5, 5.41) is 4.37. The molecule has 0 amide bonds. The van der Waals surface area contributed by atoms with Crippen molar-refractivity contribution in [3.63, 3.8) is 0 Å². The van der Waals surface area contributed by atoms with E-state index in [1.165, 1.54) is 11.1 Å². The van der Waals surface area contributed by atoms with Crippen molar-refractivity contribution >= 4 is 60.9 Å². The van der Waals surface area contributed by atoms with Gasteiger partial charge in [0.25, 0.3) is 0 Å². The van der Waals surface area contributed by atoms with Gasteiger partial charge in [-0.3, -0.25) is 0 Å². The molecule has 8 aromatic carbocycles. The Hall–Kier alpha value is -6.84. The van der Waals surface area contributed by atoms with Crippen LogP contribution in [-0.4, -0.2) is 0 Å². The molecule has 0 saturated heterocycles. The van der Waals surface area contributed by atoms with Gasteiger partial charge in [0, 0.05) is 33.3 Å². The van der Waals surface area contributed by atoms with E-state index in [1.54, 1.807) is 0 Å². The molecule has 0 bridgehead atoms. The van der Waals surface area contributed by atoms with E-state index >= 15 is 0 Å². The van der Waals surface area contributed by atoms with Crippen molar-refractivity contribution in [1.29, 1.82) is 0 Å². The summed E-state index contributed by atoms with van der Waals surface area (Å²) < 4.78 is 13.4. The third-order valence-electron chi connectivity index (χ3n) is 9.89. The molecule has 3 heteroatoms. The molecule has 0 N–H and O–H groups in total. The highest BCUT2D eigenvalue weighted by Gasteiger charge is 2.23. The highest BCUT2D eigenvalue weighted by atomic mass is 16.3. The van der Waals surface area contributed by atoms with E-state index in [0.717, 1.165) is 83.2 Å². The molecule has 0 aliphatic carbocycles. The number of benzene rings is 8. The van der Waals surface area contributed by atoms with Crippen molar-refractivity contribution in [3.8, 4) is 33.4 Å². The molecule has 0 unspecified atom stereocenters. The first kappa shape index (κ1) is 29.1. The zero-order valence-electron chi connectivity index (χ0n) is 27.7. The Bertz CT molecular complexity index is 2830. The number of anilines is 3. The fourth-order valence-electron chi connectivity index (χ4n) is 7.42. The minimum Gasteiger partial charge on any atom is -0.456 e. The number of hydrogen-bond donors (Lipinski definition) is 0. The predicted molar refractivity (Wildman–Crippen MR) is 212 cm³/mol. The van der Waals surface area contributed by atoms with E-state index in [0.29, 0.717) is 0 Å². The van der Waals surface area contributed by atoms with Gasteiger partial charge >= 0.3 is 0 Å². The van der Waals surface area contributed by atoms with Crippen molar-refractivity contribution in [1.82, 2.24) is 0 Å². The Morgan fingerprint density at radius 3 is 1.61 bits per heavy atom. The fourth-order valence-corrected chi connectivity index (χ4v) is 7.42.